The van der Waals surface area contributed by atoms with E-state index in [1.807, 2.05) is 50.2 Å². The standard InChI is InChI=1S/C23H24BrNO4S/c1-23(2)15-17-13-18(14-20(22(17)29-23)28-12-6-11-24)25-30(26,27)21-10-5-8-16-7-3-4-9-19(16)21/h3-5,7-10,13-14,25H,6,11-12,15H2,1-2H3. The van der Waals surface area contributed by atoms with Gasteiger partial charge in [-0.05, 0) is 37.8 Å². The zero-order chi connectivity index (χ0) is 21.4. The van der Waals surface area contributed by atoms with Gasteiger partial charge in [-0.3, -0.25) is 4.72 Å². The van der Waals surface area contributed by atoms with Gasteiger partial charge in [0.2, 0.25) is 0 Å². The number of rotatable bonds is 7. The molecule has 4 rings (SSSR count). The van der Waals surface area contributed by atoms with E-state index in [1.54, 1.807) is 18.2 Å². The second-order valence-electron chi connectivity index (χ2n) is 7.97. The molecule has 1 heterocycles. The third-order valence-electron chi connectivity index (χ3n) is 4.95. The highest BCUT2D eigenvalue weighted by atomic mass is 79.9. The maximum Gasteiger partial charge on any atom is 0.262 e. The molecule has 0 spiro atoms. The van der Waals surface area contributed by atoms with Gasteiger partial charge >= 0.3 is 0 Å². The quantitative estimate of drug-likeness (QED) is 0.350. The minimum absolute atomic E-state index is 0.249. The summed E-state index contributed by atoms with van der Waals surface area (Å²) in [4.78, 5) is 0.249. The molecule has 7 heteroatoms. The lowest BCUT2D eigenvalue weighted by molar-refractivity contribution is 0.132. The Balaban J connectivity index is 1.71. The molecular weight excluding hydrogens is 466 g/mol. The van der Waals surface area contributed by atoms with E-state index in [-0.39, 0.29) is 10.5 Å². The average Bonchev–Trinajstić information content (AvgIpc) is 3.01. The zero-order valence-electron chi connectivity index (χ0n) is 16.9. The summed E-state index contributed by atoms with van der Waals surface area (Å²) in [6, 6.07) is 16.3. The van der Waals surface area contributed by atoms with Crippen LogP contribution in [0.15, 0.2) is 59.5 Å². The Morgan fingerprint density at radius 3 is 2.70 bits per heavy atom. The van der Waals surface area contributed by atoms with Gasteiger partial charge < -0.3 is 9.47 Å². The minimum atomic E-state index is -3.78. The van der Waals surface area contributed by atoms with Crippen LogP contribution in [0.25, 0.3) is 10.8 Å². The summed E-state index contributed by atoms with van der Waals surface area (Å²) in [5.41, 5.74) is 1.05. The lowest BCUT2D eigenvalue weighted by Gasteiger charge is -2.18. The van der Waals surface area contributed by atoms with Crippen molar-refractivity contribution in [2.75, 3.05) is 16.7 Å². The van der Waals surface area contributed by atoms with E-state index in [0.29, 0.717) is 35.6 Å². The van der Waals surface area contributed by atoms with E-state index in [4.69, 9.17) is 9.47 Å². The van der Waals surface area contributed by atoms with Crippen LogP contribution >= 0.6 is 15.9 Å². The van der Waals surface area contributed by atoms with Crippen molar-refractivity contribution >= 4 is 42.4 Å². The third kappa shape index (κ3) is 4.27. The molecule has 0 amide bonds. The second kappa shape index (κ2) is 8.12. The van der Waals surface area contributed by atoms with Crippen molar-refractivity contribution < 1.29 is 17.9 Å². The van der Waals surface area contributed by atoms with Crippen LogP contribution in [0.4, 0.5) is 5.69 Å². The van der Waals surface area contributed by atoms with Gasteiger partial charge in [-0.2, -0.15) is 0 Å². The fourth-order valence-electron chi connectivity index (χ4n) is 3.72. The van der Waals surface area contributed by atoms with E-state index in [2.05, 4.69) is 20.7 Å². The van der Waals surface area contributed by atoms with Crippen LogP contribution in [0, 0.1) is 0 Å². The van der Waals surface area contributed by atoms with Crippen molar-refractivity contribution in [3.05, 3.63) is 60.2 Å². The number of halogens is 1. The van der Waals surface area contributed by atoms with E-state index in [9.17, 15) is 8.42 Å². The topological polar surface area (TPSA) is 64.6 Å². The molecule has 3 aromatic rings. The Morgan fingerprint density at radius 1 is 1.13 bits per heavy atom. The summed E-state index contributed by atoms with van der Waals surface area (Å²) >= 11 is 3.40. The van der Waals surface area contributed by atoms with Crippen LogP contribution in [0.3, 0.4) is 0 Å². The number of nitrogens with one attached hydrogen (secondary N) is 1. The van der Waals surface area contributed by atoms with Crippen molar-refractivity contribution in [2.24, 2.45) is 0 Å². The SMILES string of the molecule is CC1(C)Cc2cc(NS(=O)(=O)c3cccc4ccccc34)cc(OCCCBr)c2O1. The molecule has 1 aliphatic rings. The highest BCUT2D eigenvalue weighted by Crippen LogP contribution is 2.44. The van der Waals surface area contributed by atoms with Gasteiger partial charge in [0.05, 0.1) is 17.2 Å². The number of fused-ring (bicyclic) bond motifs is 2. The predicted molar refractivity (Wildman–Crippen MR) is 124 cm³/mol. The van der Waals surface area contributed by atoms with Crippen molar-refractivity contribution in [2.45, 2.75) is 37.2 Å². The van der Waals surface area contributed by atoms with Crippen molar-refractivity contribution in [3.63, 3.8) is 0 Å². The molecule has 0 bridgehead atoms. The van der Waals surface area contributed by atoms with Crippen LogP contribution in [0.2, 0.25) is 0 Å². The summed E-state index contributed by atoms with van der Waals surface area (Å²) < 4.78 is 41.2. The first-order chi connectivity index (χ1) is 14.3. The molecule has 5 nitrogen and oxygen atoms in total. The smallest absolute Gasteiger partial charge is 0.262 e. The molecule has 3 aromatic carbocycles. The lowest BCUT2D eigenvalue weighted by Crippen LogP contribution is -2.24. The predicted octanol–water partition coefficient (Wildman–Crippen LogP) is 5.52. The Bertz CT molecular complexity index is 1190. The molecule has 0 radical (unpaired) electrons. The summed E-state index contributed by atoms with van der Waals surface area (Å²) in [7, 11) is -3.78. The van der Waals surface area contributed by atoms with Crippen LogP contribution in [-0.4, -0.2) is 26.0 Å². The molecule has 0 saturated heterocycles. The first-order valence-electron chi connectivity index (χ1n) is 9.84. The van der Waals surface area contributed by atoms with Crippen LogP contribution < -0.4 is 14.2 Å². The lowest BCUT2D eigenvalue weighted by atomic mass is 10.0. The van der Waals surface area contributed by atoms with Gasteiger partial charge in [-0.25, -0.2) is 8.42 Å². The van der Waals surface area contributed by atoms with Crippen molar-refractivity contribution in [1.82, 2.24) is 0 Å². The van der Waals surface area contributed by atoms with Gasteiger partial charge in [-0.15, -0.1) is 0 Å². The maximum absolute atomic E-state index is 13.2. The number of sulfonamides is 1. The number of benzene rings is 3. The Hall–Kier alpha value is -2.25. The van der Waals surface area contributed by atoms with Crippen LogP contribution in [0.1, 0.15) is 25.8 Å². The summed E-state index contributed by atoms with van der Waals surface area (Å²) in [5.74, 6) is 1.26. The number of anilines is 1. The third-order valence-corrected chi connectivity index (χ3v) is 6.95. The van der Waals surface area contributed by atoms with Gasteiger partial charge in [0.1, 0.15) is 5.60 Å². The Kier molecular flexibility index (Phi) is 5.68. The Labute approximate surface area is 185 Å². The average molecular weight is 490 g/mol. The number of ether oxygens (including phenoxy) is 2. The molecular formula is C23H24BrNO4S. The molecule has 30 heavy (non-hydrogen) atoms. The van der Waals surface area contributed by atoms with Gasteiger partial charge in [-0.1, -0.05) is 52.3 Å². The molecule has 0 fully saturated rings. The largest absolute Gasteiger partial charge is 0.490 e. The minimum Gasteiger partial charge on any atom is -0.490 e. The monoisotopic (exact) mass is 489 g/mol. The number of hydrogen-bond acceptors (Lipinski definition) is 4. The molecule has 0 saturated carbocycles. The first kappa shape index (κ1) is 21.0. The molecule has 0 aromatic heterocycles. The normalized spacial score (nSPS) is 14.9. The van der Waals surface area contributed by atoms with E-state index in [0.717, 1.165) is 22.7 Å². The summed E-state index contributed by atoms with van der Waals surface area (Å²) in [6.45, 7) is 4.53. The van der Waals surface area contributed by atoms with E-state index >= 15 is 0 Å². The number of hydrogen-bond donors (Lipinski definition) is 1. The van der Waals surface area contributed by atoms with E-state index < -0.39 is 10.0 Å². The summed E-state index contributed by atoms with van der Waals surface area (Å²) in [5, 5.41) is 2.39. The van der Waals surface area contributed by atoms with Crippen LogP contribution in [-0.2, 0) is 16.4 Å². The first-order valence-corrected chi connectivity index (χ1v) is 12.4. The highest BCUT2D eigenvalue weighted by Gasteiger charge is 2.33. The molecule has 0 aliphatic carbocycles. The van der Waals surface area contributed by atoms with E-state index in [1.165, 1.54) is 0 Å². The molecule has 0 atom stereocenters. The fourth-order valence-corrected chi connectivity index (χ4v) is 5.22. The Morgan fingerprint density at radius 2 is 1.90 bits per heavy atom. The fraction of sp³-hybridized carbons (Fsp3) is 0.304. The maximum atomic E-state index is 13.2. The zero-order valence-corrected chi connectivity index (χ0v) is 19.3. The number of alkyl halides is 1. The molecule has 0 unspecified atom stereocenters. The molecule has 1 N–H and O–H groups in total. The van der Waals surface area contributed by atoms with Crippen molar-refractivity contribution in [3.8, 4) is 11.5 Å². The molecule has 158 valence electrons. The van der Waals surface area contributed by atoms with Gasteiger partial charge in [0, 0.05) is 28.8 Å². The second-order valence-corrected chi connectivity index (χ2v) is 10.4. The van der Waals surface area contributed by atoms with Gasteiger partial charge in [0.15, 0.2) is 11.5 Å². The summed E-state index contributed by atoms with van der Waals surface area (Å²) in [6.07, 6.45) is 1.52. The highest BCUT2D eigenvalue weighted by molar-refractivity contribution is 9.09. The van der Waals surface area contributed by atoms with Crippen molar-refractivity contribution in [1.29, 1.82) is 0 Å². The van der Waals surface area contributed by atoms with Gasteiger partial charge in [0.25, 0.3) is 10.0 Å². The molecule has 1 aliphatic heterocycles. The van der Waals surface area contributed by atoms with Crippen LogP contribution in [0.5, 0.6) is 11.5 Å².